The summed E-state index contributed by atoms with van der Waals surface area (Å²) in [6, 6.07) is 18.1. The zero-order chi connectivity index (χ0) is 18.8. The van der Waals surface area contributed by atoms with Gasteiger partial charge in [0.1, 0.15) is 6.17 Å². The molecule has 1 aliphatic heterocycles. The summed E-state index contributed by atoms with van der Waals surface area (Å²) in [5, 5.41) is 8.06. The predicted octanol–water partition coefficient (Wildman–Crippen LogP) is 4.30. The van der Waals surface area contributed by atoms with Crippen molar-refractivity contribution in [3.63, 3.8) is 0 Å². The van der Waals surface area contributed by atoms with Gasteiger partial charge in [0.05, 0.1) is 18.3 Å². The van der Waals surface area contributed by atoms with E-state index >= 15 is 0 Å². The van der Waals surface area contributed by atoms with E-state index in [-0.39, 0.29) is 18.1 Å². The summed E-state index contributed by atoms with van der Waals surface area (Å²) in [6.07, 6.45) is 4.56. The molecular formula is C22H24N4O. The molecule has 0 fully saturated rings. The van der Waals surface area contributed by atoms with Crippen LogP contribution in [-0.2, 0) is 6.54 Å². The molecule has 0 aliphatic carbocycles. The number of nitrogens with one attached hydrogen (secondary N) is 1. The lowest BCUT2D eigenvalue weighted by Crippen LogP contribution is -2.47. The highest BCUT2D eigenvalue weighted by atomic mass is 16.2. The first-order valence-corrected chi connectivity index (χ1v) is 9.42. The number of hydrogen-bond acceptors (Lipinski definition) is 3. The number of benzene rings is 2. The number of fused-ring (bicyclic) bond motifs is 1. The van der Waals surface area contributed by atoms with Gasteiger partial charge in [-0.3, -0.25) is 9.48 Å². The Labute approximate surface area is 159 Å². The number of hydrogen-bond donors (Lipinski definition) is 1. The Bertz CT molecular complexity index is 934. The Morgan fingerprint density at radius 2 is 1.85 bits per heavy atom. The lowest BCUT2D eigenvalue weighted by molar-refractivity contribution is 0.0593. The molecule has 138 valence electrons. The summed E-state index contributed by atoms with van der Waals surface area (Å²) < 4.78 is 1.92. The summed E-state index contributed by atoms with van der Waals surface area (Å²) in [7, 11) is 0. The van der Waals surface area contributed by atoms with Gasteiger partial charge in [-0.25, -0.2) is 0 Å². The fourth-order valence-corrected chi connectivity index (χ4v) is 3.54. The Hall–Kier alpha value is -3.08. The molecule has 2 heterocycles. The summed E-state index contributed by atoms with van der Waals surface area (Å²) in [6.45, 7) is 4.91. The number of para-hydroxylation sites is 1. The fourth-order valence-electron chi connectivity index (χ4n) is 3.54. The molecule has 0 spiro atoms. The summed E-state index contributed by atoms with van der Waals surface area (Å²) in [5.74, 6) is 0.0690. The van der Waals surface area contributed by atoms with E-state index in [0.29, 0.717) is 6.54 Å². The molecule has 4 rings (SSSR count). The van der Waals surface area contributed by atoms with Gasteiger partial charge < -0.3 is 10.2 Å². The van der Waals surface area contributed by atoms with Gasteiger partial charge in [0, 0.05) is 23.5 Å². The van der Waals surface area contributed by atoms with Crippen molar-refractivity contribution >= 4 is 11.6 Å². The van der Waals surface area contributed by atoms with E-state index in [1.165, 1.54) is 5.56 Å². The maximum atomic E-state index is 13.2. The topological polar surface area (TPSA) is 50.2 Å². The van der Waals surface area contributed by atoms with E-state index in [1.807, 2.05) is 64.4 Å². The minimum atomic E-state index is -0.216. The van der Waals surface area contributed by atoms with Crippen molar-refractivity contribution in [2.24, 2.45) is 0 Å². The zero-order valence-electron chi connectivity index (χ0n) is 15.7. The molecule has 1 aromatic heterocycles. The first kappa shape index (κ1) is 17.3. The van der Waals surface area contributed by atoms with Crippen molar-refractivity contribution in [1.82, 2.24) is 14.7 Å². The lowest BCUT2D eigenvalue weighted by atomic mass is 10.0. The van der Waals surface area contributed by atoms with Crippen LogP contribution < -0.4 is 5.32 Å². The van der Waals surface area contributed by atoms with Crippen LogP contribution >= 0.6 is 0 Å². The van der Waals surface area contributed by atoms with Gasteiger partial charge in [-0.05, 0) is 31.0 Å². The van der Waals surface area contributed by atoms with Gasteiger partial charge in [-0.1, -0.05) is 49.4 Å². The quantitative estimate of drug-likeness (QED) is 0.738. The van der Waals surface area contributed by atoms with Gasteiger partial charge in [-0.15, -0.1) is 0 Å². The first-order chi connectivity index (χ1) is 13.2. The van der Waals surface area contributed by atoms with E-state index in [4.69, 9.17) is 0 Å². The number of amides is 1. The van der Waals surface area contributed by atoms with Gasteiger partial charge in [0.15, 0.2) is 0 Å². The largest absolute Gasteiger partial charge is 0.361 e. The van der Waals surface area contributed by atoms with Gasteiger partial charge in [-0.2, -0.15) is 5.10 Å². The van der Waals surface area contributed by atoms with E-state index in [1.54, 1.807) is 0 Å². The minimum absolute atomic E-state index is 0.0690. The van der Waals surface area contributed by atoms with Gasteiger partial charge >= 0.3 is 0 Å². The lowest BCUT2D eigenvalue weighted by Gasteiger charge is -2.41. The molecule has 27 heavy (non-hydrogen) atoms. The number of carbonyl (C=O) groups is 1. The number of rotatable bonds is 5. The zero-order valence-corrected chi connectivity index (χ0v) is 15.7. The van der Waals surface area contributed by atoms with Crippen LogP contribution in [0.1, 0.15) is 47.9 Å². The molecule has 0 saturated carbocycles. The molecule has 5 heteroatoms. The van der Waals surface area contributed by atoms with Crippen LogP contribution in [-0.4, -0.2) is 26.6 Å². The Morgan fingerprint density at radius 1 is 1.11 bits per heavy atom. The number of carbonyl (C=O) groups excluding carboxylic acids is 1. The first-order valence-electron chi connectivity index (χ1n) is 9.42. The molecule has 0 unspecified atom stereocenters. The summed E-state index contributed by atoms with van der Waals surface area (Å²) in [5.41, 5.74) is 3.80. The van der Waals surface area contributed by atoms with Crippen LogP contribution in [0.2, 0.25) is 0 Å². The Kier molecular flexibility index (Phi) is 4.67. The highest BCUT2D eigenvalue weighted by molar-refractivity contribution is 6.01. The highest BCUT2D eigenvalue weighted by Gasteiger charge is 2.35. The highest BCUT2D eigenvalue weighted by Crippen LogP contribution is 2.34. The molecule has 1 amide bonds. The molecule has 0 bridgehead atoms. The monoisotopic (exact) mass is 360 g/mol. The van der Waals surface area contributed by atoms with E-state index in [0.717, 1.165) is 23.2 Å². The standard InChI is InChI=1S/C22H24N4O/c1-3-16(2)26-21(24-20-12-8-7-11-19(20)22(26)27)18-13-23-25(15-18)14-17-9-5-4-6-10-17/h4-13,15-16,21,24H,3,14H2,1-2H3/t16-,21-/m1/s1. The number of anilines is 1. The van der Waals surface area contributed by atoms with E-state index in [2.05, 4.69) is 36.4 Å². The van der Waals surface area contributed by atoms with Crippen LogP contribution in [0, 0.1) is 0 Å². The predicted molar refractivity (Wildman–Crippen MR) is 106 cm³/mol. The van der Waals surface area contributed by atoms with Gasteiger partial charge in [0.25, 0.3) is 5.91 Å². The molecule has 1 N–H and O–H groups in total. The smallest absolute Gasteiger partial charge is 0.258 e. The van der Waals surface area contributed by atoms with Crippen LogP contribution in [0.5, 0.6) is 0 Å². The van der Waals surface area contributed by atoms with Crippen LogP contribution in [0.4, 0.5) is 5.69 Å². The van der Waals surface area contributed by atoms with Gasteiger partial charge in [0.2, 0.25) is 0 Å². The van der Waals surface area contributed by atoms with Crippen LogP contribution in [0.15, 0.2) is 67.0 Å². The third-order valence-electron chi connectivity index (χ3n) is 5.18. The molecule has 5 nitrogen and oxygen atoms in total. The molecule has 0 radical (unpaired) electrons. The molecule has 1 aliphatic rings. The average Bonchev–Trinajstić information content (AvgIpc) is 3.16. The van der Waals surface area contributed by atoms with Crippen molar-refractivity contribution in [1.29, 1.82) is 0 Å². The second-order valence-electron chi connectivity index (χ2n) is 7.02. The minimum Gasteiger partial charge on any atom is -0.361 e. The van der Waals surface area contributed by atoms with Crippen molar-refractivity contribution in [2.45, 2.75) is 39.0 Å². The third kappa shape index (κ3) is 3.33. The van der Waals surface area contributed by atoms with Crippen LogP contribution in [0.3, 0.4) is 0 Å². The Balaban J connectivity index is 1.66. The number of nitrogens with zero attached hydrogens (tertiary/aromatic N) is 3. The fraction of sp³-hybridized carbons (Fsp3) is 0.273. The molecule has 3 aromatic rings. The van der Waals surface area contributed by atoms with Crippen molar-refractivity contribution < 1.29 is 4.79 Å². The van der Waals surface area contributed by atoms with E-state index < -0.39 is 0 Å². The second kappa shape index (κ2) is 7.27. The van der Waals surface area contributed by atoms with E-state index in [9.17, 15) is 4.79 Å². The van der Waals surface area contributed by atoms with Crippen molar-refractivity contribution in [3.05, 3.63) is 83.7 Å². The third-order valence-corrected chi connectivity index (χ3v) is 5.18. The maximum Gasteiger partial charge on any atom is 0.258 e. The molecular weight excluding hydrogens is 336 g/mol. The summed E-state index contributed by atoms with van der Waals surface area (Å²) >= 11 is 0. The summed E-state index contributed by atoms with van der Waals surface area (Å²) in [4.78, 5) is 15.1. The molecule has 2 atom stereocenters. The van der Waals surface area contributed by atoms with Crippen LogP contribution in [0.25, 0.3) is 0 Å². The SMILES string of the molecule is CC[C@@H](C)N1C(=O)c2ccccc2N[C@H]1c1cnn(Cc2ccccc2)c1. The average molecular weight is 360 g/mol. The van der Waals surface area contributed by atoms with Crippen molar-refractivity contribution in [2.75, 3.05) is 5.32 Å². The molecule has 2 aromatic carbocycles. The second-order valence-corrected chi connectivity index (χ2v) is 7.02. The normalized spacial score (nSPS) is 17.3. The Morgan fingerprint density at radius 3 is 2.63 bits per heavy atom. The molecule has 0 saturated heterocycles. The van der Waals surface area contributed by atoms with Crippen molar-refractivity contribution in [3.8, 4) is 0 Å². The number of aromatic nitrogens is 2. The maximum absolute atomic E-state index is 13.2.